The van der Waals surface area contributed by atoms with Crippen LogP contribution >= 0.6 is 0 Å². The van der Waals surface area contributed by atoms with Gasteiger partial charge in [0.2, 0.25) is 0 Å². The molecule has 0 amide bonds. The SMILES string of the molecule is Oc1ccc2c(c1O)C[C@@H](c1ccccc1)O[C@H]2CNCc1ccccc1. The van der Waals surface area contributed by atoms with Crippen LogP contribution in [0.15, 0.2) is 72.8 Å². The molecule has 0 aliphatic carbocycles. The van der Waals surface area contributed by atoms with Crippen LogP contribution in [0.1, 0.15) is 34.5 Å². The van der Waals surface area contributed by atoms with E-state index in [1.54, 1.807) is 0 Å². The van der Waals surface area contributed by atoms with Crippen LogP contribution in [0.25, 0.3) is 0 Å². The molecule has 0 fully saturated rings. The van der Waals surface area contributed by atoms with Crippen molar-refractivity contribution in [2.24, 2.45) is 0 Å². The molecule has 0 saturated heterocycles. The molecule has 0 spiro atoms. The number of rotatable bonds is 5. The van der Waals surface area contributed by atoms with Crippen molar-refractivity contribution in [3.8, 4) is 11.5 Å². The molecule has 0 bridgehead atoms. The zero-order chi connectivity index (χ0) is 18.6. The lowest BCUT2D eigenvalue weighted by atomic mass is 9.90. The first kappa shape index (κ1) is 17.6. The van der Waals surface area contributed by atoms with Crippen molar-refractivity contribution in [3.05, 3.63) is 95.1 Å². The number of phenolic OH excluding ortho intramolecular Hbond substituents is 2. The molecule has 138 valence electrons. The molecule has 1 aliphatic rings. The van der Waals surface area contributed by atoms with Gasteiger partial charge in [0.1, 0.15) is 0 Å². The average molecular weight is 361 g/mol. The number of hydrogen-bond donors (Lipinski definition) is 3. The molecule has 0 aromatic heterocycles. The Morgan fingerprint density at radius 1 is 0.889 bits per heavy atom. The van der Waals surface area contributed by atoms with Gasteiger partial charge in [0, 0.05) is 25.1 Å². The minimum atomic E-state index is -0.200. The Morgan fingerprint density at radius 2 is 1.59 bits per heavy atom. The zero-order valence-corrected chi connectivity index (χ0v) is 15.0. The van der Waals surface area contributed by atoms with Gasteiger partial charge in [-0.1, -0.05) is 66.7 Å². The lowest BCUT2D eigenvalue weighted by molar-refractivity contribution is -0.0273. The molecule has 27 heavy (non-hydrogen) atoms. The second-order valence-corrected chi connectivity index (χ2v) is 6.85. The summed E-state index contributed by atoms with van der Waals surface area (Å²) in [7, 11) is 0. The van der Waals surface area contributed by atoms with E-state index in [4.69, 9.17) is 4.74 Å². The minimum Gasteiger partial charge on any atom is -0.504 e. The van der Waals surface area contributed by atoms with Crippen LogP contribution in [0.3, 0.4) is 0 Å². The maximum absolute atomic E-state index is 10.4. The summed E-state index contributed by atoms with van der Waals surface area (Å²) in [6.45, 7) is 1.37. The van der Waals surface area contributed by atoms with Crippen molar-refractivity contribution in [1.82, 2.24) is 5.32 Å². The number of phenols is 2. The van der Waals surface area contributed by atoms with Crippen LogP contribution in [0.4, 0.5) is 0 Å². The highest BCUT2D eigenvalue weighted by Gasteiger charge is 2.31. The van der Waals surface area contributed by atoms with Gasteiger partial charge in [-0.15, -0.1) is 0 Å². The van der Waals surface area contributed by atoms with E-state index in [0.29, 0.717) is 13.0 Å². The number of hydrogen-bond acceptors (Lipinski definition) is 4. The van der Waals surface area contributed by atoms with Gasteiger partial charge in [0.15, 0.2) is 11.5 Å². The summed E-state index contributed by atoms with van der Waals surface area (Å²) >= 11 is 0. The fourth-order valence-electron chi connectivity index (χ4n) is 3.63. The molecule has 4 nitrogen and oxygen atoms in total. The third-order valence-corrected chi connectivity index (χ3v) is 5.04. The van der Waals surface area contributed by atoms with Gasteiger partial charge in [0.25, 0.3) is 0 Å². The van der Waals surface area contributed by atoms with Crippen molar-refractivity contribution in [2.75, 3.05) is 6.54 Å². The first-order valence-corrected chi connectivity index (χ1v) is 9.21. The number of ether oxygens (including phenoxy) is 1. The zero-order valence-electron chi connectivity index (χ0n) is 15.0. The van der Waals surface area contributed by atoms with Crippen molar-refractivity contribution >= 4 is 0 Å². The van der Waals surface area contributed by atoms with Gasteiger partial charge in [-0.25, -0.2) is 0 Å². The summed E-state index contributed by atoms with van der Waals surface area (Å²) in [5.41, 5.74) is 3.97. The standard InChI is InChI=1S/C23H23NO3/c25-20-12-11-18-19(23(20)26)13-21(17-9-5-2-6-10-17)27-22(18)15-24-14-16-7-3-1-4-8-16/h1-12,21-22,24-26H,13-15H2/t21-,22-/m0/s1. The molecule has 0 radical (unpaired) electrons. The predicted molar refractivity (Wildman–Crippen MR) is 105 cm³/mol. The van der Waals surface area contributed by atoms with E-state index < -0.39 is 0 Å². The summed E-state index contributed by atoms with van der Waals surface area (Å²) in [4.78, 5) is 0. The van der Waals surface area contributed by atoms with E-state index in [0.717, 1.165) is 23.2 Å². The smallest absolute Gasteiger partial charge is 0.161 e. The van der Waals surface area contributed by atoms with Crippen LogP contribution < -0.4 is 5.32 Å². The highest BCUT2D eigenvalue weighted by Crippen LogP contribution is 2.43. The number of fused-ring (bicyclic) bond motifs is 1. The lowest BCUT2D eigenvalue weighted by Gasteiger charge is -2.33. The minimum absolute atomic E-state index is 0.0372. The Balaban J connectivity index is 1.57. The normalized spacial score (nSPS) is 18.8. The topological polar surface area (TPSA) is 61.7 Å². The van der Waals surface area contributed by atoms with Gasteiger partial charge < -0.3 is 20.3 Å². The van der Waals surface area contributed by atoms with E-state index in [1.165, 1.54) is 11.6 Å². The Labute approximate surface area is 159 Å². The van der Waals surface area contributed by atoms with Gasteiger partial charge in [-0.2, -0.15) is 0 Å². The van der Waals surface area contributed by atoms with Crippen LogP contribution in [0, 0.1) is 0 Å². The summed E-state index contributed by atoms with van der Waals surface area (Å²) in [6, 6.07) is 23.6. The fourth-order valence-corrected chi connectivity index (χ4v) is 3.63. The Bertz CT molecular complexity index is 896. The summed E-state index contributed by atoms with van der Waals surface area (Å²) in [5.74, 6) is -0.122. The quantitative estimate of drug-likeness (QED) is 0.595. The summed E-state index contributed by atoms with van der Waals surface area (Å²) in [5, 5.41) is 23.8. The molecule has 3 aromatic carbocycles. The molecule has 3 N–H and O–H groups in total. The molecule has 2 atom stereocenters. The van der Waals surface area contributed by atoms with Gasteiger partial charge in [-0.3, -0.25) is 0 Å². The molecule has 0 saturated carbocycles. The Kier molecular flexibility index (Phi) is 5.10. The average Bonchev–Trinajstić information content (AvgIpc) is 2.72. The van der Waals surface area contributed by atoms with E-state index in [-0.39, 0.29) is 23.7 Å². The second-order valence-electron chi connectivity index (χ2n) is 6.85. The first-order chi connectivity index (χ1) is 13.2. The molecule has 1 heterocycles. The maximum Gasteiger partial charge on any atom is 0.161 e. The van der Waals surface area contributed by atoms with E-state index >= 15 is 0 Å². The van der Waals surface area contributed by atoms with Crippen molar-refractivity contribution in [1.29, 1.82) is 0 Å². The molecule has 4 rings (SSSR count). The fraction of sp³-hybridized carbons (Fsp3) is 0.217. The van der Waals surface area contributed by atoms with Gasteiger partial charge >= 0.3 is 0 Å². The Hall–Kier alpha value is -2.82. The van der Waals surface area contributed by atoms with Gasteiger partial charge in [0.05, 0.1) is 12.2 Å². The van der Waals surface area contributed by atoms with Crippen LogP contribution in [0.5, 0.6) is 11.5 Å². The predicted octanol–water partition coefficient (Wildman–Crippen LogP) is 4.24. The molecule has 3 aromatic rings. The lowest BCUT2D eigenvalue weighted by Crippen LogP contribution is -2.29. The van der Waals surface area contributed by atoms with Crippen molar-refractivity contribution in [3.63, 3.8) is 0 Å². The summed E-state index contributed by atoms with van der Waals surface area (Å²) < 4.78 is 6.38. The molecule has 1 aliphatic heterocycles. The number of aromatic hydroxyl groups is 2. The molecule has 0 unspecified atom stereocenters. The third-order valence-electron chi connectivity index (χ3n) is 5.04. The van der Waals surface area contributed by atoms with Crippen LogP contribution in [0.2, 0.25) is 0 Å². The molecule has 4 heteroatoms. The van der Waals surface area contributed by atoms with Crippen molar-refractivity contribution < 1.29 is 14.9 Å². The van der Waals surface area contributed by atoms with Gasteiger partial charge in [-0.05, 0) is 22.8 Å². The van der Waals surface area contributed by atoms with Crippen LogP contribution in [-0.4, -0.2) is 16.8 Å². The largest absolute Gasteiger partial charge is 0.504 e. The molecular formula is C23H23NO3. The Morgan fingerprint density at radius 3 is 2.33 bits per heavy atom. The van der Waals surface area contributed by atoms with E-state index in [2.05, 4.69) is 17.4 Å². The molecular weight excluding hydrogens is 338 g/mol. The van der Waals surface area contributed by atoms with Crippen LogP contribution in [-0.2, 0) is 17.7 Å². The van der Waals surface area contributed by atoms with Crippen molar-refractivity contribution in [2.45, 2.75) is 25.2 Å². The second kappa shape index (κ2) is 7.82. The maximum atomic E-state index is 10.4. The first-order valence-electron chi connectivity index (χ1n) is 9.21. The van der Waals surface area contributed by atoms with E-state index in [1.807, 2.05) is 54.6 Å². The highest BCUT2D eigenvalue weighted by molar-refractivity contribution is 5.51. The number of nitrogens with one attached hydrogen (secondary N) is 1. The summed E-state index contributed by atoms with van der Waals surface area (Å²) in [6.07, 6.45) is 0.179. The highest BCUT2D eigenvalue weighted by atomic mass is 16.5. The third kappa shape index (κ3) is 3.82. The monoisotopic (exact) mass is 361 g/mol. The number of benzene rings is 3. The van der Waals surface area contributed by atoms with E-state index in [9.17, 15) is 10.2 Å².